The quantitative estimate of drug-likeness (QED) is 0.858. The number of amides is 1. The number of carbonyl (C=O) groups excluding carboxylic acids is 1. The minimum absolute atomic E-state index is 0.265. The lowest BCUT2D eigenvalue weighted by Crippen LogP contribution is -2.21. The third-order valence-electron chi connectivity index (χ3n) is 3.31. The average Bonchev–Trinajstić information content (AvgIpc) is 2.82. The van der Waals surface area contributed by atoms with Crippen LogP contribution in [0.2, 0.25) is 0 Å². The minimum Gasteiger partial charge on any atom is -0.340 e. The van der Waals surface area contributed by atoms with Crippen LogP contribution in [0.5, 0.6) is 0 Å². The normalized spacial score (nSPS) is 10.5. The van der Waals surface area contributed by atoms with Gasteiger partial charge in [-0.3, -0.25) is 9.48 Å². The number of fused-ring (bicyclic) bond motifs is 1. The molecule has 0 unspecified atom stereocenters. The Balaban J connectivity index is 2.22. The topological polar surface area (TPSA) is 46.9 Å². The molecule has 4 nitrogen and oxygen atoms in total. The van der Waals surface area contributed by atoms with Crippen molar-refractivity contribution in [1.82, 2.24) is 15.1 Å². The van der Waals surface area contributed by atoms with Crippen molar-refractivity contribution in [2.45, 2.75) is 40.3 Å². The summed E-state index contributed by atoms with van der Waals surface area (Å²) in [7, 11) is 0. The molecule has 1 heterocycles. The van der Waals surface area contributed by atoms with E-state index in [4.69, 9.17) is 0 Å². The second-order valence-corrected chi connectivity index (χ2v) is 5.43. The van der Waals surface area contributed by atoms with Crippen LogP contribution in [0.3, 0.4) is 0 Å². The van der Waals surface area contributed by atoms with Crippen molar-refractivity contribution in [3.05, 3.63) is 30.0 Å². The van der Waals surface area contributed by atoms with E-state index in [1.807, 2.05) is 22.9 Å². The molecule has 0 spiro atoms. The fourth-order valence-corrected chi connectivity index (χ4v) is 2.20. The Hall–Kier alpha value is -2.28. The Morgan fingerprint density at radius 1 is 1.38 bits per heavy atom. The molecule has 0 aliphatic heterocycles. The van der Waals surface area contributed by atoms with Gasteiger partial charge in [-0.15, -0.1) is 0 Å². The maximum atomic E-state index is 11.5. The van der Waals surface area contributed by atoms with Gasteiger partial charge in [0.25, 0.3) is 5.91 Å². The monoisotopic (exact) mass is 283 g/mol. The molecule has 0 saturated heterocycles. The average molecular weight is 283 g/mol. The molecule has 0 saturated carbocycles. The Bertz CT molecular complexity index is 689. The second kappa shape index (κ2) is 6.94. The number of hydrogen-bond donors (Lipinski definition) is 1. The molecular formula is C17H21N3O. The van der Waals surface area contributed by atoms with Gasteiger partial charge in [0.05, 0.1) is 17.8 Å². The molecule has 1 aromatic heterocycles. The van der Waals surface area contributed by atoms with E-state index in [1.54, 1.807) is 6.92 Å². The highest BCUT2D eigenvalue weighted by atomic mass is 16.1. The zero-order valence-corrected chi connectivity index (χ0v) is 12.8. The summed E-state index contributed by atoms with van der Waals surface area (Å²) >= 11 is 0. The third-order valence-corrected chi connectivity index (χ3v) is 3.31. The SMILES string of the molecule is CC#CC(=O)NCc1nn(CCC(C)C)c2ccccc12. The molecule has 1 amide bonds. The van der Waals surface area contributed by atoms with Gasteiger partial charge in [0.2, 0.25) is 0 Å². The smallest absolute Gasteiger partial charge is 0.296 e. The van der Waals surface area contributed by atoms with Gasteiger partial charge in [-0.1, -0.05) is 38.0 Å². The Morgan fingerprint density at radius 2 is 2.14 bits per heavy atom. The summed E-state index contributed by atoms with van der Waals surface area (Å²) in [5.41, 5.74) is 2.00. The molecule has 1 aromatic carbocycles. The lowest BCUT2D eigenvalue weighted by Gasteiger charge is -2.05. The maximum Gasteiger partial charge on any atom is 0.296 e. The molecule has 0 atom stereocenters. The van der Waals surface area contributed by atoms with Crippen LogP contribution in [0, 0.1) is 17.8 Å². The Kier molecular flexibility index (Phi) is 4.99. The number of nitrogens with one attached hydrogen (secondary N) is 1. The van der Waals surface area contributed by atoms with Crippen LogP contribution >= 0.6 is 0 Å². The highest BCUT2D eigenvalue weighted by molar-refractivity contribution is 5.93. The molecule has 0 aliphatic rings. The van der Waals surface area contributed by atoms with Crippen molar-refractivity contribution in [1.29, 1.82) is 0 Å². The van der Waals surface area contributed by atoms with Crippen LogP contribution in [-0.2, 0) is 17.9 Å². The highest BCUT2D eigenvalue weighted by Crippen LogP contribution is 2.19. The molecule has 1 N–H and O–H groups in total. The number of hydrogen-bond acceptors (Lipinski definition) is 2. The molecule has 21 heavy (non-hydrogen) atoms. The van der Waals surface area contributed by atoms with Crippen LogP contribution in [0.15, 0.2) is 24.3 Å². The van der Waals surface area contributed by atoms with Gasteiger partial charge in [-0.05, 0) is 31.2 Å². The van der Waals surface area contributed by atoms with Gasteiger partial charge < -0.3 is 5.32 Å². The molecule has 4 heteroatoms. The summed E-state index contributed by atoms with van der Waals surface area (Å²) in [5.74, 6) is 5.44. The number of carbonyl (C=O) groups is 1. The van der Waals surface area contributed by atoms with Gasteiger partial charge in [0, 0.05) is 11.9 Å². The fourth-order valence-electron chi connectivity index (χ4n) is 2.20. The first-order chi connectivity index (χ1) is 10.1. The minimum atomic E-state index is -0.265. The van der Waals surface area contributed by atoms with Crippen molar-refractivity contribution in [3.63, 3.8) is 0 Å². The number of aryl methyl sites for hydroxylation is 1. The van der Waals surface area contributed by atoms with Gasteiger partial charge in [-0.2, -0.15) is 5.10 Å². The van der Waals surface area contributed by atoms with E-state index < -0.39 is 0 Å². The summed E-state index contributed by atoms with van der Waals surface area (Å²) in [4.78, 5) is 11.5. The van der Waals surface area contributed by atoms with E-state index in [0.717, 1.165) is 29.6 Å². The first-order valence-electron chi connectivity index (χ1n) is 7.26. The molecule has 0 aliphatic carbocycles. The van der Waals surface area contributed by atoms with Crippen LogP contribution in [0.1, 0.15) is 32.9 Å². The van der Waals surface area contributed by atoms with Gasteiger partial charge in [-0.25, -0.2) is 0 Å². The molecule has 0 bridgehead atoms. The summed E-state index contributed by atoms with van der Waals surface area (Å²) in [6, 6.07) is 8.12. The first kappa shape index (κ1) is 15.1. The first-order valence-corrected chi connectivity index (χ1v) is 7.26. The lowest BCUT2D eigenvalue weighted by atomic mass is 10.1. The maximum absolute atomic E-state index is 11.5. The summed E-state index contributed by atoms with van der Waals surface area (Å²) < 4.78 is 2.03. The van der Waals surface area contributed by atoms with Crippen molar-refractivity contribution >= 4 is 16.8 Å². The van der Waals surface area contributed by atoms with Crippen molar-refractivity contribution in [2.75, 3.05) is 0 Å². The third kappa shape index (κ3) is 3.85. The van der Waals surface area contributed by atoms with Gasteiger partial charge in [0.1, 0.15) is 0 Å². The van der Waals surface area contributed by atoms with E-state index in [0.29, 0.717) is 12.5 Å². The predicted molar refractivity (Wildman–Crippen MR) is 84.5 cm³/mol. The Labute approximate surface area is 125 Å². The van der Waals surface area contributed by atoms with E-state index in [-0.39, 0.29) is 5.91 Å². The highest BCUT2D eigenvalue weighted by Gasteiger charge is 2.10. The molecule has 0 fully saturated rings. The second-order valence-electron chi connectivity index (χ2n) is 5.43. The van der Waals surface area contributed by atoms with Crippen molar-refractivity contribution in [3.8, 4) is 11.8 Å². The van der Waals surface area contributed by atoms with E-state index >= 15 is 0 Å². The zero-order chi connectivity index (χ0) is 15.2. The number of aromatic nitrogens is 2. The molecule has 0 radical (unpaired) electrons. The van der Waals surface area contributed by atoms with E-state index in [9.17, 15) is 4.79 Å². The molecular weight excluding hydrogens is 262 g/mol. The van der Waals surface area contributed by atoms with E-state index in [2.05, 4.69) is 42.2 Å². The lowest BCUT2D eigenvalue weighted by molar-refractivity contribution is -0.115. The number of rotatable bonds is 5. The van der Waals surface area contributed by atoms with Crippen LogP contribution in [-0.4, -0.2) is 15.7 Å². The zero-order valence-electron chi connectivity index (χ0n) is 12.8. The van der Waals surface area contributed by atoms with Crippen LogP contribution in [0.25, 0.3) is 10.9 Å². The van der Waals surface area contributed by atoms with Crippen molar-refractivity contribution in [2.24, 2.45) is 5.92 Å². The van der Waals surface area contributed by atoms with Gasteiger partial charge >= 0.3 is 0 Å². The number of nitrogens with zero attached hydrogens (tertiary/aromatic N) is 2. The van der Waals surface area contributed by atoms with Gasteiger partial charge in [0.15, 0.2) is 0 Å². The summed E-state index contributed by atoms with van der Waals surface area (Å²) in [6.07, 6.45) is 1.08. The van der Waals surface area contributed by atoms with E-state index in [1.165, 1.54) is 0 Å². The Morgan fingerprint density at radius 3 is 2.86 bits per heavy atom. The molecule has 110 valence electrons. The fraction of sp³-hybridized carbons (Fsp3) is 0.412. The molecule has 2 rings (SSSR count). The number of para-hydroxylation sites is 1. The summed E-state index contributed by atoms with van der Waals surface area (Å²) in [6.45, 7) is 7.35. The standard InChI is InChI=1S/C17H21N3O/c1-4-7-17(21)18-12-15-14-8-5-6-9-16(14)20(19-15)11-10-13(2)3/h5-6,8-9,13H,10-12H2,1-3H3,(H,18,21). The van der Waals surface area contributed by atoms with Crippen LogP contribution in [0.4, 0.5) is 0 Å². The van der Waals surface area contributed by atoms with Crippen LogP contribution < -0.4 is 5.32 Å². The van der Waals surface area contributed by atoms with Crippen molar-refractivity contribution < 1.29 is 4.79 Å². The largest absolute Gasteiger partial charge is 0.340 e. The number of benzene rings is 1. The summed E-state index contributed by atoms with van der Waals surface area (Å²) in [5, 5.41) is 8.52. The molecule has 2 aromatic rings. The predicted octanol–water partition coefficient (Wildman–Crippen LogP) is 2.72.